The van der Waals surface area contributed by atoms with E-state index in [2.05, 4.69) is 9.80 Å². The average molecular weight is 267 g/mol. The predicted molar refractivity (Wildman–Crippen MR) is 77.9 cm³/mol. The smallest absolute Gasteiger partial charge is 0.222 e. The van der Waals surface area contributed by atoms with E-state index in [0.717, 1.165) is 58.0 Å². The number of unbranched alkanes of at least 4 members (excludes halogenated alkanes) is 2. The van der Waals surface area contributed by atoms with E-state index in [1.807, 2.05) is 0 Å². The second-order valence-corrected chi connectivity index (χ2v) is 5.95. The van der Waals surface area contributed by atoms with Gasteiger partial charge in [0.2, 0.25) is 5.91 Å². The van der Waals surface area contributed by atoms with Crippen LogP contribution in [-0.2, 0) is 4.79 Å². The Kier molecular flexibility index (Phi) is 6.11. The van der Waals surface area contributed by atoms with Crippen LogP contribution in [0.3, 0.4) is 0 Å². The van der Waals surface area contributed by atoms with Crippen molar-refractivity contribution in [2.75, 3.05) is 32.7 Å². The second-order valence-electron chi connectivity index (χ2n) is 5.95. The molecule has 2 aliphatic rings. The fraction of sp³-hybridized carbons (Fsp3) is 0.933. The molecular weight excluding hydrogens is 238 g/mol. The Morgan fingerprint density at radius 2 is 1.68 bits per heavy atom. The number of carbonyl (C=O) groups is 1. The van der Waals surface area contributed by atoms with E-state index >= 15 is 0 Å². The lowest BCUT2D eigenvalue weighted by Crippen LogP contribution is -2.51. The molecule has 1 aliphatic heterocycles. The number of piperazine rings is 1. The minimum Gasteiger partial charge on any atom is -0.340 e. The maximum atomic E-state index is 12.1. The fourth-order valence-electron chi connectivity index (χ4n) is 3.36. The molecule has 2 N–H and O–H groups in total. The SMILES string of the molecule is NCCCCCC(=O)N1CCN(C2CCCC2)CC1. The van der Waals surface area contributed by atoms with Crippen LogP contribution in [0.15, 0.2) is 0 Å². The summed E-state index contributed by atoms with van der Waals surface area (Å²) in [4.78, 5) is 16.7. The summed E-state index contributed by atoms with van der Waals surface area (Å²) in [7, 11) is 0. The lowest BCUT2D eigenvalue weighted by molar-refractivity contribution is -0.133. The molecular formula is C15H29N3O. The molecule has 0 aromatic heterocycles. The molecule has 110 valence electrons. The Bertz CT molecular complexity index is 269. The number of hydrogen-bond acceptors (Lipinski definition) is 3. The summed E-state index contributed by atoms with van der Waals surface area (Å²) in [5, 5.41) is 0. The molecule has 1 saturated heterocycles. The van der Waals surface area contributed by atoms with E-state index in [-0.39, 0.29) is 0 Å². The normalized spacial score (nSPS) is 22.1. The van der Waals surface area contributed by atoms with E-state index in [1.165, 1.54) is 25.7 Å². The van der Waals surface area contributed by atoms with Gasteiger partial charge in [-0.2, -0.15) is 0 Å². The lowest BCUT2D eigenvalue weighted by Gasteiger charge is -2.38. The molecule has 0 aromatic carbocycles. The molecule has 2 fully saturated rings. The van der Waals surface area contributed by atoms with Gasteiger partial charge < -0.3 is 10.6 Å². The zero-order valence-corrected chi connectivity index (χ0v) is 12.1. The summed E-state index contributed by atoms with van der Waals surface area (Å²) in [6, 6.07) is 0.807. The van der Waals surface area contributed by atoms with Gasteiger partial charge in [0.05, 0.1) is 0 Å². The Morgan fingerprint density at radius 1 is 1.00 bits per heavy atom. The fourth-order valence-corrected chi connectivity index (χ4v) is 3.36. The Balaban J connectivity index is 1.63. The molecule has 0 aromatic rings. The van der Waals surface area contributed by atoms with Crippen molar-refractivity contribution in [1.82, 2.24) is 9.80 Å². The van der Waals surface area contributed by atoms with Crippen molar-refractivity contribution in [2.24, 2.45) is 5.73 Å². The standard InChI is InChI=1S/C15H29N3O/c16-9-5-1-2-8-15(19)18-12-10-17(11-13-18)14-6-3-4-7-14/h14H,1-13,16H2. The van der Waals surface area contributed by atoms with Gasteiger partial charge in [0.1, 0.15) is 0 Å². The largest absolute Gasteiger partial charge is 0.340 e. The zero-order chi connectivity index (χ0) is 13.5. The first-order chi connectivity index (χ1) is 9.31. The van der Waals surface area contributed by atoms with Gasteiger partial charge >= 0.3 is 0 Å². The highest BCUT2D eigenvalue weighted by molar-refractivity contribution is 5.76. The average Bonchev–Trinajstić information content (AvgIpc) is 2.98. The summed E-state index contributed by atoms with van der Waals surface area (Å²) in [5.74, 6) is 0.350. The van der Waals surface area contributed by atoms with Crippen LogP contribution in [0.4, 0.5) is 0 Å². The minimum atomic E-state index is 0.350. The first-order valence-corrected chi connectivity index (χ1v) is 8.03. The van der Waals surface area contributed by atoms with Crippen LogP contribution in [-0.4, -0.2) is 54.5 Å². The number of carbonyl (C=O) groups excluding carboxylic acids is 1. The first-order valence-electron chi connectivity index (χ1n) is 8.03. The third-order valence-electron chi connectivity index (χ3n) is 4.60. The molecule has 0 atom stereocenters. The van der Waals surface area contributed by atoms with Crippen molar-refractivity contribution in [3.05, 3.63) is 0 Å². The van der Waals surface area contributed by atoms with Crippen molar-refractivity contribution in [3.63, 3.8) is 0 Å². The van der Waals surface area contributed by atoms with Gasteiger partial charge in [0, 0.05) is 38.6 Å². The van der Waals surface area contributed by atoms with Crippen LogP contribution in [0.25, 0.3) is 0 Å². The van der Waals surface area contributed by atoms with Gasteiger partial charge in [-0.1, -0.05) is 19.3 Å². The molecule has 4 heteroatoms. The van der Waals surface area contributed by atoms with Crippen LogP contribution in [0.1, 0.15) is 51.4 Å². The van der Waals surface area contributed by atoms with Gasteiger partial charge in [0.15, 0.2) is 0 Å². The summed E-state index contributed by atoms with van der Waals surface area (Å²) in [6.07, 6.45) is 9.37. The van der Waals surface area contributed by atoms with Crippen LogP contribution in [0, 0.1) is 0 Å². The van der Waals surface area contributed by atoms with E-state index < -0.39 is 0 Å². The third kappa shape index (κ3) is 4.46. The number of amides is 1. The van der Waals surface area contributed by atoms with Gasteiger partial charge in [-0.15, -0.1) is 0 Å². The molecule has 1 aliphatic carbocycles. The highest BCUT2D eigenvalue weighted by atomic mass is 16.2. The van der Waals surface area contributed by atoms with E-state index in [9.17, 15) is 4.79 Å². The monoisotopic (exact) mass is 267 g/mol. The number of nitrogens with two attached hydrogens (primary N) is 1. The van der Waals surface area contributed by atoms with Crippen molar-refractivity contribution < 1.29 is 4.79 Å². The van der Waals surface area contributed by atoms with Gasteiger partial charge in [-0.05, 0) is 32.2 Å². The zero-order valence-electron chi connectivity index (χ0n) is 12.1. The third-order valence-corrected chi connectivity index (χ3v) is 4.60. The molecule has 1 heterocycles. The Morgan fingerprint density at radius 3 is 2.32 bits per heavy atom. The molecule has 0 unspecified atom stereocenters. The molecule has 19 heavy (non-hydrogen) atoms. The topological polar surface area (TPSA) is 49.6 Å². The van der Waals surface area contributed by atoms with Crippen molar-refractivity contribution in [3.8, 4) is 0 Å². The van der Waals surface area contributed by atoms with Crippen molar-refractivity contribution >= 4 is 5.91 Å². The maximum absolute atomic E-state index is 12.1. The van der Waals surface area contributed by atoms with Gasteiger partial charge in [-0.25, -0.2) is 0 Å². The van der Waals surface area contributed by atoms with Crippen LogP contribution in [0.5, 0.6) is 0 Å². The number of nitrogens with zero attached hydrogens (tertiary/aromatic N) is 2. The Hall–Kier alpha value is -0.610. The highest BCUT2D eigenvalue weighted by Gasteiger charge is 2.27. The number of rotatable bonds is 6. The molecule has 2 rings (SSSR count). The number of hydrogen-bond donors (Lipinski definition) is 1. The van der Waals surface area contributed by atoms with Crippen LogP contribution < -0.4 is 5.73 Å². The second kappa shape index (κ2) is 7.85. The van der Waals surface area contributed by atoms with E-state index in [0.29, 0.717) is 12.3 Å². The predicted octanol–water partition coefficient (Wildman–Crippen LogP) is 1.59. The van der Waals surface area contributed by atoms with Gasteiger partial charge in [0.25, 0.3) is 0 Å². The summed E-state index contributed by atoms with van der Waals surface area (Å²) < 4.78 is 0. The Labute approximate surface area is 117 Å². The summed E-state index contributed by atoms with van der Waals surface area (Å²) >= 11 is 0. The molecule has 1 saturated carbocycles. The highest BCUT2D eigenvalue weighted by Crippen LogP contribution is 2.24. The van der Waals surface area contributed by atoms with Crippen molar-refractivity contribution in [2.45, 2.75) is 57.4 Å². The first kappa shape index (κ1) is 14.8. The summed E-state index contributed by atoms with van der Waals surface area (Å²) in [6.45, 7) is 4.78. The van der Waals surface area contributed by atoms with E-state index in [1.54, 1.807) is 0 Å². The molecule has 0 spiro atoms. The van der Waals surface area contributed by atoms with Crippen LogP contribution in [0.2, 0.25) is 0 Å². The van der Waals surface area contributed by atoms with Crippen molar-refractivity contribution in [1.29, 1.82) is 0 Å². The van der Waals surface area contributed by atoms with Gasteiger partial charge in [-0.3, -0.25) is 9.69 Å². The maximum Gasteiger partial charge on any atom is 0.222 e. The quantitative estimate of drug-likeness (QED) is 0.744. The molecule has 4 nitrogen and oxygen atoms in total. The molecule has 0 radical (unpaired) electrons. The lowest BCUT2D eigenvalue weighted by atomic mass is 10.1. The molecule has 0 bridgehead atoms. The minimum absolute atomic E-state index is 0.350. The summed E-state index contributed by atoms with van der Waals surface area (Å²) in [5.41, 5.74) is 5.46. The molecule has 1 amide bonds. The van der Waals surface area contributed by atoms with E-state index in [4.69, 9.17) is 5.73 Å². The van der Waals surface area contributed by atoms with Crippen LogP contribution >= 0.6 is 0 Å².